The quantitative estimate of drug-likeness (QED) is 0.735. The van der Waals surface area contributed by atoms with Gasteiger partial charge in [-0.05, 0) is 36.3 Å². The summed E-state index contributed by atoms with van der Waals surface area (Å²) in [5, 5.41) is 8.15. The Bertz CT molecular complexity index is 287. The highest BCUT2D eigenvalue weighted by Crippen LogP contribution is 2.20. The van der Waals surface area contributed by atoms with Gasteiger partial charge in [0, 0.05) is 0 Å². The summed E-state index contributed by atoms with van der Waals surface area (Å²) < 4.78 is 0. The lowest BCUT2D eigenvalue weighted by atomic mass is 9.90. The van der Waals surface area contributed by atoms with Gasteiger partial charge in [0.2, 0.25) is 0 Å². The first kappa shape index (κ1) is 11.2. The van der Waals surface area contributed by atoms with Crippen molar-refractivity contribution in [3.8, 4) is 0 Å². The van der Waals surface area contributed by atoms with Crippen molar-refractivity contribution in [3.63, 3.8) is 0 Å². The number of rotatable bonds is 3. The van der Waals surface area contributed by atoms with Gasteiger partial charge in [0.15, 0.2) is 0 Å². The fraction of sp³-hybridized carbons (Fsp3) is 0.667. The Morgan fingerprint density at radius 2 is 2.00 bits per heavy atom. The summed E-state index contributed by atoms with van der Waals surface area (Å²) in [5.41, 5.74) is 2.78. The van der Waals surface area contributed by atoms with Crippen molar-refractivity contribution >= 4 is 0 Å². The van der Waals surface area contributed by atoms with Gasteiger partial charge in [0.25, 0.3) is 0 Å². The number of hydrogen-bond donors (Lipinski definition) is 0. The predicted molar refractivity (Wildman–Crippen MR) is 59.2 cm³/mol. The molecule has 0 fully saturated rings. The number of nitrogens with zero attached hydrogens (tertiary/aromatic N) is 2. The van der Waals surface area contributed by atoms with Crippen LogP contribution in [0.15, 0.2) is 12.3 Å². The first-order valence-corrected chi connectivity index (χ1v) is 5.32. The van der Waals surface area contributed by atoms with Crippen molar-refractivity contribution in [2.75, 3.05) is 0 Å². The fourth-order valence-electron chi connectivity index (χ4n) is 1.28. The van der Waals surface area contributed by atoms with Gasteiger partial charge in [0.1, 0.15) is 0 Å². The third kappa shape index (κ3) is 3.86. The van der Waals surface area contributed by atoms with E-state index in [2.05, 4.69) is 44.0 Å². The zero-order chi connectivity index (χ0) is 10.6. The average Bonchev–Trinajstić information content (AvgIpc) is 2.14. The molecule has 2 heteroatoms. The minimum Gasteiger partial charge on any atom is -0.159 e. The topological polar surface area (TPSA) is 25.8 Å². The third-order valence-electron chi connectivity index (χ3n) is 2.30. The smallest absolute Gasteiger partial charge is 0.0634 e. The first-order chi connectivity index (χ1) is 6.51. The van der Waals surface area contributed by atoms with E-state index in [4.69, 9.17) is 0 Å². The van der Waals surface area contributed by atoms with Crippen LogP contribution in [0.1, 0.15) is 45.4 Å². The maximum Gasteiger partial charge on any atom is 0.0634 e. The summed E-state index contributed by atoms with van der Waals surface area (Å²) in [6, 6.07) is 2.17. The largest absolute Gasteiger partial charge is 0.159 e. The van der Waals surface area contributed by atoms with E-state index >= 15 is 0 Å². The van der Waals surface area contributed by atoms with Crippen LogP contribution >= 0.6 is 0 Å². The van der Waals surface area contributed by atoms with Gasteiger partial charge >= 0.3 is 0 Å². The Balaban J connectivity index is 2.59. The van der Waals surface area contributed by atoms with Crippen LogP contribution in [0.4, 0.5) is 0 Å². The summed E-state index contributed by atoms with van der Waals surface area (Å²) in [4.78, 5) is 0. The van der Waals surface area contributed by atoms with Gasteiger partial charge in [-0.3, -0.25) is 0 Å². The summed E-state index contributed by atoms with van der Waals surface area (Å²) in [7, 11) is 0. The molecule has 0 aliphatic heterocycles. The summed E-state index contributed by atoms with van der Waals surface area (Å²) in [5.74, 6) is 0. The van der Waals surface area contributed by atoms with Crippen molar-refractivity contribution in [1.29, 1.82) is 0 Å². The zero-order valence-electron chi connectivity index (χ0n) is 9.67. The number of hydrogen-bond acceptors (Lipinski definition) is 2. The monoisotopic (exact) mass is 192 g/mol. The molecular formula is C12H20N2. The van der Waals surface area contributed by atoms with Crippen LogP contribution in [0.2, 0.25) is 0 Å². The minimum atomic E-state index is 0.379. The second-order valence-corrected chi connectivity index (χ2v) is 4.97. The van der Waals surface area contributed by atoms with Crippen molar-refractivity contribution in [2.45, 2.75) is 47.0 Å². The first-order valence-electron chi connectivity index (χ1n) is 5.32. The molecule has 0 saturated heterocycles. The lowest BCUT2D eigenvalue weighted by Gasteiger charge is -2.17. The zero-order valence-corrected chi connectivity index (χ0v) is 9.67. The Morgan fingerprint density at radius 3 is 2.57 bits per heavy atom. The molecule has 0 radical (unpaired) electrons. The van der Waals surface area contributed by atoms with Crippen molar-refractivity contribution < 1.29 is 0 Å². The van der Waals surface area contributed by atoms with Crippen LogP contribution in [-0.2, 0) is 12.8 Å². The highest BCUT2D eigenvalue weighted by molar-refractivity contribution is 5.12. The van der Waals surface area contributed by atoms with Crippen LogP contribution in [0.5, 0.6) is 0 Å². The molecule has 1 heterocycles. The highest BCUT2D eigenvalue weighted by atomic mass is 15.1. The lowest BCUT2D eigenvalue weighted by Crippen LogP contribution is -2.07. The predicted octanol–water partition coefficient (Wildman–Crippen LogP) is 3.02. The van der Waals surface area contributed by atoms with E-state index in [1.807, 2.05) is 6.20 Å². The van der Waals surface area contributed by atoms with Crippen molar-refractivity contribution in [3.05, 3.63) is 23.5 Å². The van der Waals surface area contributed by atoms with Gasteiger partial charge in [-0.1, -0.05) is 27.7 Å². The van der Waals surface area contributed by atoms with Gasteiger partial charge in [-0.25, -0.2) is 0 Å². The van der Waals surface area contributed by atoms with Crippen LogP contribution in [0.25, 0.3) is 0 Å². The van der Waals surface area contributed by atoms with Crippen LogP contribution in [0.3, 0.4) is 0 Å². The molecule has 2 nitrogen and oxygen atoms in total. The molecule has 0 N–H and O–H groups in total. The molecule has 0 unspecified atom stereocenters. The summed E-state index contributed by atoms with van der Waals surface area (Å²) in [6.45, 7) is 8.91. The molecular weight excluding hydrogens is 172 g/mol. The molecule has 0 aliphatic rings. The molecule has 1 aromatic rings. The number of aryl methyl sites for hydroxylation is 2. The second-order valence-electron chi connectivity index (χ2n) is 4.97. The standard InChI is InChI=1S/C12H20N2/c1-5-10-8-11(14-13-9-10)6-7-12(2,3)4/h8-9H,5-7H2,1-4H3. The third-order valence-corrected chi connectivity index (χ3v) is 2.30. The molecule has 0 saturated carbocycles. The van der Waals surface area contributed by atoms with Gasteiger partial charge < -0.3 is 0 Å². The van der Waals surface area contributed by atoms with Crippen LogP contribution in [-0.4, -0.2) is 10.2 Å². The molecule has 0 spiro atoms. The maximum atomic E-state index is 4.14. The van der Waals surface area contributed by atoms with Crippen molar-refractivity contribution in [1.82, 2.24) is 10.2 Å². The summed E-state index contributed by atoms with van der Waals surface area (Å²) >= 11 is 0. The second kappa shape index (κ2) is 4.54. The molecule has 0 atom stereocenters. The van der Waals surface area contributed by atoms with E-state index in [-0.39, 0.29) is 0 Å². The van der Waals surface area contributed by atoms with E-state index in [1.54, 1.807) is 0 Å². The Hall–Kier alpha value is -0.920. The Kier molecular flexibility index (Phi) is 3.62. The molecule has 0 bridgehead atoms. The molecule has 0 aliphatic carbocycles. The Labute approximate surface area is 86.8 Å². The highest BCUT2D eigenvalue weighted by Gasteiger charge is 2.10. The Morgan fingerprint density at radius 1 is 1.29 bits per heavy atom. The maximum absolute atomic E-state index is 4.14. The molecule has 78 valence electrons. The van der Waals surface area contributed by atoms with Crippen LogP contribution < -0.4 is 0 Å². The molecule has 1 rings (SSSR count). The lowest BCUT2D eigenvalue weighted by molar-refractivity contribution is 0.376. The average molecular weight is 192 g/mol. The van der Waals surface area contributed by atoms with Gasteiger partial charge in [-0.2, -0.15) is 10.2 Å². The SMILES string of the molecule is CCc1cnnc(CCC(C)(C)C)c1. The van der Waals surface area contributed by atoms with Crippen LogP contribution in [0, 0.1) is 5.41 Å². The van der Waals surface area contributed by atoms with E-state index in [9.17, 15) is 0 Å². The minimum absolute atomic E-state index is 0.379. The molecule has 0 aromatic carbocycles. The van der Waals surface area contributed by atoms with Gasteiger partial charge in [-0.15, -0.1) is 0 Å². The van der Waals surface area contributed by atoms with E-state index in [1.165, 1.54) is 5.56 Å². The molecule has 1 aromatic heterocycles. The van der Waals surface area contributed by atoms with Crippen molar-refractivity contribution in [2.24, 2.45) is 5.41 Å². The van der Waals surface area contributed by atoms with E-state index in [0.717, 1.165) is 25.0 Å². The summed E-state index contributed by atoms with van der Waals surface area (Å²) in [6.07, 6.45) is 5.08. The number of aromatic nitrogens is 2. The fourth-order valence-corrected chi connectivity index (χ4v) is 1.28. The molecule has 0 amide bonds. The van der Waals surface area contributed by atoms with E-state index < -0.39 is 0 Å². The van der Waals surface area contributed by atoms with Gasteiger partial charge in [0.05, 0.1) is 11.9 Å². The molecule has 14 heavy (non-hydrogen) atoms. The normalized spacial score (nSPS) is 11.7. The van der Waals surface area contributed by atoms with E-state index in [0.29, 0.717) is 5.41 Å².